The monoisotopic (exact) mass is 251 g/mol. The second-order valence-corrected chi connectivity index (χ2v) is 5.18. The van der Waals surface area contributed by atoms with E-state index in [1.54, 1.807) is 7.11 Å². The van der Waals surface area contributed by atoms with E-state index >= 15 is 0 Å². The maximum absolute atomic E-state index is 11.6. The molecule has 0 N–H and O–H groups in total. The number of carbonyl (C=O) groups excluding carboxylic acids is 1. The van der Waals surface area contributed by atoms with Crippen LogP contribution in [-0.4, -0.2) is 25.2 Å². The minimum atomic E-state index is -0.482. The Balaban J connectivity index is 1.84. The molecule has 2 atom stereocenters. The molecule has 1 aromatic heterocycles. The predicted molar refractivity (Wildman–Crippen MR) is 62.1 cm³/mol. The summed E-state index contributed by atoms with van der Waals surface area (Å²) in [5, 5.41) is 0. The Morgan fingerprint density at radius 3 is 2.67 bits per heavy atom. The number of ether oxygens (including phenoxy) is 2. The first-order chi connectivity index (χ1) is 8.72. The number of nitrogens with zero attached hydrogens (tertiary/aromatic N) is 1. The molecule has 0 aliphatic heterocycles. The molecule has 0 aromatic carbocycles. The standard InChI is InChI=1S/C13H17NO4/c1-16-6-10-11(13(15)17-2)18-12(14-10)9-4-7-3-8(7)5-9/h7-9H,3-6H2,1-2H3. The van der Waals surface area contributed by atoms with E-state index in [2.05, 4.69) is 4.98 Å². The van der Waals surface area contributed by atoms with Crippen molar-refractivity contribution in [3.63, 3.8) is 0 Å². The van der Waals surface area contributed by atoms with Crippen molar-refractivity contribution in [3.05, 3.63) is 17.3 Å². The molecule has 5 heteroatoms. The molecule has 0 amide bonds. The molecular formula is C13H17NO4. The lowest BCUT2D eigenvalue weighted by Crippen LogP contribution is -2.04. The molecule has 0 bridgehead atoms. The van der Waals surface area contributed by atoms with E-state index < -0.39 is 5.97 Å². The zero-order valence-electron chi connectivity index (χ0n) is 10.6. The van der Waals surface area contributed by atoms with Crippen molar-refractivity contribution >= 4 is 5.97 Å². The number of hydrogen-bond donors (Lipinski definition) is 0. The maximum atomic E-state index is 11.6. The van der Waals surface area contributed by atoms with E-state index in [1.807, 2.05) is 0 Å². The van der Waals surface area contributed by atoms with Gasteiger partial charge in [-0.05, 0) is 31.1 Å². The Bertz CT molecular complexity index is 458. The quantitative estimate of drug-likeness (QED) is 0.767. The fourth-order valence-corrected chi connectivity index (χ4v) is 2.95. The molecule has 0 saturated heterocycles. The summed E-state index contributed by atoms with van der Waals surface area (Å²) in [4.78, 5) is 16.0. The predicted octanol–water partition coefficient (Wildman–Crippen LogP) is 2.12. The lowest BCUT2D eigenvalue weighted by molar-refractivity contribution is 0.0555. The normalized spacial score (nSPS) is 29.1. The highest BCUT2D eigenvalue weighted by Crippen LogP contribution is 2.57. The van der Waals surface area contributed by atoms with Crippen molar-refractivity contribution in [2.75, 3.05) is 14.2 Å². The van der Waals surface area contributed by atoms with E-state index in [0.717, 1.165) is 24.7 Å². The SMILES string of the molecule is COCc1nc(C2CC3CC3C2)oc1C(=O)OC. The van der Waals surface area contributed by atoms with E-state index in [9.17, 15) is 4.79 Å². The van der Waals surface area contributed by atoms with Crippen LogP contribution in [-0.2, 0) is 16.1 Å². The average Bonchev–Trinajstić information content (AvgIpc) is 2.81. The van der Waals surface area contributed by atoms with Gasteiger partial charge in [0.15, 0.2) is 5.89 Å². The zero-order valence-corrected chi connectivity index (χ0v) is 10.6. The first kappa shape index (κ1) is 11.7. The molecule has 2 saturated carbocycles. The molecule has 2 aliphatic rings. The number of esters is 1. The summed E-state index contributed by atoms with van der Waals surface area (Å²) in [5.41, 5.74) is 0.542. The number of oxazole rings is 1. The third-order valence-electron chi connectivity index (χ3n) is 3.96. The van der Waals surface area contributed by atoms with Crippen LogP contribution in [0.5, 0.6) is 0 Å². The van der Waals surface area contributed by atoms with E-state index in [1.165, 1.54) is 13.5 Å². The lowest BCUT2D eigenvalue weighted by atomic mass is 10.0. The molecular weight excluding hydrogens is 234 g/mol. The minimum absolute atomic E-state index is 0.190. The summed E-state index contributed by atoms with van der Waals surface area (Å²) in [5.74, 6) is 2.46. The number of hydrogen-bond acceptors (Lipinski definition) is 5. The number of carbonyl (C=O) groups is 1. The van der Waals surface area contributed by atoms with Crippen LogP contribution in [0.2, 0.25) is 0 Å². The van der Waals surface area contributed by atoms with Gasteiger partial charge in [0.1, 0.15) is 5.69 Å². The summed E-state index contributed by atoms with van der Waals surface area (Å²) in [7, 11) is 2.91. The average molecular weight is 251 g/mol. The molecule has 0 radical (unpaired) electrons. The Morgan fingerprint density at radius 1 is 1.33 bits per heavy atom. The van der Waals surface area contributed by atoms with Gasteiger partial charge in [-0.15, -0.1) is 0 Å². The van der Waals surface area contributed by atoms with Crippen LogP contribution in [0.1, 0.15) is 47.3 Å². The Kier molecular flexibility index (Phi) is 2.86. The van der Waals surface area contributed by atoms with Crippen LogP contribution in [0, 0.1) is 11.8 Å². The summed E-state index contributed by atoms with van der Waals surface area (Å²) in [6, 6.07) is 0. The number of aromatic nitrogens is 1. The van der Waals surface area contributed by atoms with Crippen LogP contribution < -0.4 is 0 Å². The van der Waals surface area contributed by atoms with E-state index in [-0.39, 0.29) is 12.4 Å². The molecule has 2 unspecified atom stereocenters. The van der Waals surface area contributed by atoms with Crippen LogP contribution >= 0.6 is 0 Å². The van der Waals surface area contributed by atoms with Crippen LogP contribution in [0.25, 0.3) is 0 Å². The summed E-state index contributed by atoms with van der Waals surface area (Å²) in [6.45, 7) is 0.271. The molecule has 1 aromatic rings. The van der Waals surface area contributed by atoms with Gasteiger partial charge in [-0.3, -0.25) is 0 Å². The van der Waals surface area contributed by atoms with Gasteiger partial charge in [0, 0.05) is 13.0 Å². The molecule has 98 valence electrons. The molecule has 5 nitrogen and oxygen atoms in total. The van der Waals surface area contributed by atoms with Gasteiger partial charge in [0.25, 0.3) is 0 Å². The fraction of sp³-hybridized carbons (Fsp3) is 0.692. The van der Waals surface area contributed by atoms with E-state index in [0.29, 0.717) is 17.5 Å². The third-order valence-corrected chi connectivity index (χ3v) is 3.96. The second kappa shape index (κ2) is 4.39. The van der Waals surface area contributed by atoms with Gasteiger partial charge in [0.05, 0.1) is 13.7 Å². The van der Waals surface area contributed by atoms with Crippen molar-refractivity contribution in [1.82, 2.24) is 4.98 Å². The summed E-state index contributed by atoms with van der Waals surface area (Å²) < 4.78 is 15.3. The fourth-order valence-electron chi connectivity index (χ4n) is 2.95. The first-order valence-electron chi connectivity index (χ1n) is 6.29. The molecule has 3 rings (SSSR count). The second-order valence-electron chi connectivity index (χ2n) is 5.18. The number of methoxy groups -OCH3 is 2. The van der Waals surface area contributed by atoms with Gasteiger partial charge in [-0.1, -0.05) is 0 Å². The van der Waals surface area contributed by atoms with Gasteiger partial charge in [-0.2, -0.15) is 0 Å². The summed E-state index contributed by atoms with van der Waals surface area (Å²) >= 11 is 0. The highest BCUT2D eigenvalue weighted by molar-refractivity contribution is 5.87. The molecule has 2 fully saturated rings. The van der Waals surface area contributed by atoms with E-state index in [4.69, 9.17) is 13.9 Å². The Morgan fingerprint density at radius 2 is 2.06 bits per heavy atom. The van der Waals surface area contributed by atoms with Crippen LogP contribution in [0.3, 0.4) is 0 Å². The lowest BCUT2D eigenvalue weighted by Gasteiger charge is -2.05. The first-order valence-corrected chi connectivity index (χ1v) is 6.29. The Labute approximate surface area is 105 Å². The molecule has 0 spiro atoms. The topological polar surface area (TPSA) is 61.6 Å². The maximum Gasteiger partial charge on any atom is 0.376 e. The Hall–Kier alpha value is -1.36. The minimum Gasteiger partial charge on any atom is -0.463 e. The van der Waals surface area contributed by atoms with Crippen molar-refractivity contribution < 1.29 is 18.7 Å². The largest absolute Gasteiger partial charge is 0.463 e. The molecule has 18 heavy (non-hydrogen) atoms. The van der Waals surface area contributed by atoms with Crippen molar-refractivity contribution in [2.45, 2.75) is 31.8 Å². The highest BCUT2D eigenvalue weighted by Gasteiger charge is 2.48. The van der Waals surface area contributed by atoms with Crippen molar-refractivity contribution in [2.24, 2.45) is 11.8 Å². The van der Waals surface area contributed by atoms with Crippen molar-refractivity contribution in [3.8, 4) is 0 Å². The highest BCUT2D eigenvalue weighted by atomic mass is 16.5. The van der Waals surface area contributed by atoms with Gasteiger partial charge in [-0.25, -0.2) is 9.78 Å². The number of rotatable bonds is 4. The molecule has 2 aliphatic carbocycles. The zero-order chi connectivity index (χ0) is 12.7. The van der Waals surface area contributed by atoms with Crippen LogP contribution in [0.4, 0.5) is 0 Å². The van der Waals surface area contributed by atoms with Gasteiger partial charge in [0.2, 0.25) is 5.76 Å². The van der Waals surface area contributed by atoms with Crippen molar-refractivity contribution in [1.29, 1.82) is 0 Å². The van der Waals surface area contributed by atoms with Crippen LogP contribution in [0.15, 0.2) is 4.42 Å². The smallest absolute Gasteiger partial charge is 0.376 e. The number of fused-ring (bicyclic) bond motifs is 1. The summed E-state index contributed by atoms with van der Waals surface area (Å²) in [6.07, 6.45) is 3.63. The molecule has 1 heterocycles. The van der Waals surface area contributed by atoms with Gasteiger partial charge >= 0.3 is 5.97 Å². The van der Waals surface area contributed by atoms with Gasteiger partial charge < -0.3 is 13.9 Å². The third kappa shape index (κ3) is 1.92.